The van der Waals surface area contributed by atoms with Crippen molar-refractivity contribution in [3.63, 3.8) is 0 Å². The number of halogens is 1. The zero-order chi connectivity index (χ0) is 11.6. The third kappa shape index (κ3) is 2.89. The highest BCUT2D eigenvalue weighted by Crippen LogP contribution is 2.11. The summed E-state index contributed by atoms with van der Waals surface area (Å²) in [6.07, 6.45) is 1.54. The Morgan fingerprint density at radius 3 is 2.73 bits per heavy atom. The fraction of sp³-hybridized carbons (Fsp3) is 0.600. The Bertz CT molecular complexity index is 412. The smallest absolute Gasteiger partial charge is 0.267 e. The molecule has 0 bridgehead atoms. The molecular formula is C10H15BrN2O2. The summed E-state index contributed by atoms with van der Waals surface area (Å²) in [4.78, 5) is 15.9. The quantitative estimate of drug-likeness (QED) is 0.844. The third-order valence-electron chi connectivity index (χ3n) is 2.26. The molecule has 1 aromatic heterocycles. The van der Waals surface area contributed by atoms with Crippen molar-refractivity contribution in [1.82, 2.24) is 9.55 Å². The van der Waals surface area contributed by atoms with E-state index in [2.05, 4.69) is 20.9 Å². The van der Waals surface area contributed by atoms with E-state index in [0.29, 0.717) is 16.7 Å². The van der Waals surface area contributed by atoms with Gasteiger partial charge >= 0.3 is 0 Å². The van der Waals surface area contributed by atoms with Crippen LogP contribution < -0.4 is 5.56 Å². The number of hydrogen-bond donors (Lipinski definition) is 0. The predicted octanol–water partition coefficient (Wildman–Crippen LogP) is 1.74. The highest BCUT2D eigenvalue weighted by atomic mass is 79.9. The van der Waals surface area contributed by atoms with Crippen LogP contribution in [-0.4, -0.2) is 22.3 Å². The van der Waals surface area contributed by atoms with E-state index in [0.717, 1.165) is 0 Å². The van der Waals surface area contributed by atoms with Crippen LogP contribution in [0.25, 0.3) is 0 Å². The van der Waals surface area contributed by atoms with Gasteiger partial charge in [0, 0.05) is 7.11 Å². The number of hydrogen-bond acceptors (Lipinski definition) is 3. The topological polar surface area (TPSA) is 44.1 Å². The molecule has 0 N–H and O–H groups in total. The average Bonchev–Trinajstić information content (AvgIpc) is 2.19. The number of aryl methyl sites for hydroxylation is 1. The van der Waals surface area contributed by atoms with Gasteiger partial charge in [0.25, 0.3) is 5.56 Å². The molecule has 1 rings (SSSR count). The van der Waals surface area contributed by atoms with Gasteiger partial charge in [0.1, 0.15) is 4.47 Å². The molecule has 84 valence electrons. The molecule has 4 nitrogen and oxygen atoms in total. The van der Waals surface area contributed by atoms with Gasteiger partial charge in [-0.25, -0.2) is 4.98 Å². The van der Waals surface area contributed by atoms with Gasteiger partial charge in [0.05, 0.1) is 24.2 Å². The Labute approximate surface area is 97.4 Å². The first-order valence-corrected chi connectivity index (χ1v) is 5.43. The van der Waals surface area contributed by atoms with Gasteiger partial charge in [-0.3, -0.25) is 9.36 Å². The van der Waals surface area contributed by atoms with E-state index in [4.69, 9.17) is 4.74 Å². The second kappa shape index (κ2) is 4.45. The summed E-state index contributed by atoms with van der Waals surface area (Å²) in [5, 5.41) is 0. The molecule has 0 saturated heterocycles. The minimum atomic E-state index is -0.375. The Hall–Kier alpha value is -0.680. The monoisotopic (exact) mass is 274 g/mol. The maximum absolute atomic E-state index is 11.8. The molecule has 15 heavy (non-hydrogen) atoms. The van der Waals surface area contributed by atoms with Crippen molar-refractivity contribution in [2.75, 3.05) is 7.11 Å². The molecule has 0 atom stereocenters. The summed E-state index contributed by atoms with van der Waals surface area (Å²) < 4.78 is 7.32. The molecule has 1 heterocycles. The Morgan fingerprint density at radius 2 is 2.20 bits per heavy atom. The molecule has 0 radical (unpaired) electrons. The first-order valence-electron chi connectivity index (χ1n) is 4.64. The number of nitrogens with zero attached hydrogens (tertiary/aromatic N) is 2. The van der Waals surface area contributed by atoms with E-state index in [9.17, 15) is 4.79 Å². The van der Waals surface area contributed by atoms with Crippen molar-refractivity contribution in [2.45, 2.75) is 32.9 Å². The second-order valence-corrected chi connectivity index (χ2v) is 4.83. The zero-order valence-corrected chi connectivity index (χ0v) is 11.0. The van der Waals surface area contributed by atoms with Crippen molar-refractivity contribution in [3.8, 4) is 0 Å². The van der Waals surface area contributed by atoms with Gasteiger partial charge < -0.3 is 4.74 Å². The van der Waals surface area contributed by atoms with E-state index < -0.39 is 0 Å². The van der Waals surface area contributed by atoms with Gasteiger partial charge in [-0.2, -0.15) is 0 Å². The highest BCUT2D eigenvalue weighted by molar-refractivity contribution is 9.10. The van der Waals surface area contributed by atoms with Crippen LogP contribution in [0.15, 0.2) is 15.6 Å². The van der Waals surface area contributed by atoms with Gasteiger partial charge in [0.15, 0.2) is 0 Å². The summed E-state index contributed by atoms with van der Waals surface area (Å²) in [5.74, 6) is 0. The zero-order valence-electron chi connectivity index (χ0n) is 9.37. The average molecular weight is 275 g/mol. The molecule has 1 aromatic rings. The number of aromatic nitrogens is 2. The predicted molar refractivity (Wildman–Crippen MR) is 62.0 cm³/mol. The molecular weight excluding hydrogens is 260 g/mol. The first kappa shape index (κ1) is 12.4. The molecule has 0 aliphatic rings. The summed E-state index contributed by atoms with van der Waals surface area (Å²) in [5.41, 5.74) is 0.249. The maximum Gasteiger partial charge on any atom is 0.267 e. The molecule has 5 heteroatoms. The van der Waals surface area contributed by atoms with Crippen LogP contribution >= 0.6 is 15.9 Å². The van der Waals surface area contributed by atoms with Crippen molar-refractivity contribution in [2.24, 2.45) is 0 Å². The van der Waals surface area contributed by atoms with Crippen LogP contribution in [0.2, 0.25) is 0 Å². The van der Waals surface area contributed by atoms with Gasteiger partial charge in [-0.05, 0) is 36.7 Å². The lowest BCUT2D eigenvalue weighted by atomic mass is 10.1. The fourth-order valence-corrected chi connectivity index (χ4v) is 1.46. The Balaban J connectivity index is 3.08. The Morgan fingerprint density at radius 1 is 1.60 bits per heavy atom. The molecule has 0 spiro atoms. The largest absolute Gasteiger partial charge is 0.377 e. The van der Waals surface area contributed by atoms with Crippen molar-refractivity contribution in [3.05, 3.63) is 26.8 Å². The van der Waals surface area contributed by atoms with E-state index in [1.165, 1.54) is 0 Å². The SMILES string of the molecule is COC(C)(C)Cn1cnc(C)c(Br)c1=O. The molecule has 0 saturated carbocycles. The Kier molecular flexibility index (Phi) is 3.67. The van der Waals surface area contributed by atoms with Crippen molar-refractivity contribution >= 4 is 15.9 Å². The normalized spacial score (nSPS) is 11.8. The third-order valence-corrected chi connectivity index (χ3v) is 3.17. The number of rotatable bonds is 3. The summed E-state index contributed by atoms with van der Waals surface area (Å²) in [6, 6.07) is 0. The second-order valence-electron chi connectivity index (χ2n) is 4.04. The van der Waals surface area contributed by atoms with Crippen LogP contribution in [0, 0.1) is 6.92 Å². The molecule has 0 fully saturated rings. The van der Waals surface area contributed by atoms with Crippen LogP contribution in [0.3, 0.4) is 0 Å². The number of methoxy groups -OCH3 is 1. The lowest BCUT2D eigenvalue weighted by Crippen LogP contribution is -2.35. The molecule has 0 amide bonds. The van der Waals surface area contributed by atoms with Crippen LogP contribution in [0.5, 0.6) is 0 Å². The standard InChI is InChI=1S/C10H15BrN2O2/c1-7-8(11)9(14)13(6-12-7)5-10(2,3)15-4/h6H,5H2,1-4H3. The van der Waals surface area contributed by atoms with Crippen molar-refractivity contribution < 1.29 is 4.74 Å². The van der Waals surface area contributed by atoms with E-state index in [-0.39, 0.29) is 11.2 Å². The first-order chi connectivity index (χ1) is 6.87. The van der Waals surface area contributed by atoms with Crippen molar-refractivity contribution in [1.29, 1.82) is 0 Å². The minimum Gasteiger partial charge on any atom is -0.377 e. The van der Waals surface area contributed by atoms with E-state index in [1.54, 1.807) is 24.9 Å². The number of ether oxygens (including phenoxy) is 1. The lowest BCUT2D eigenvalue weighted by Gasteiger charge is -2.23. The maximum atomic E-state index is 11.8. The minimum absolute atomic E-state index is 0.0763. The van der Waals surface area contributed by atoms with Gasteiger partial charge in [0.2, 0.25) is 0 Å². The molecule has 0 aliphatic heterocycles. The summed E-state index contributed by atoms with van der Waals surface area (Å²) in [7, 11) is 1.63. The molecule has 0 aromatic carbocycles. The van der Waals surface area contributed by atoms with Crippen LogP contribution in [-0.2, 0) is 11.3 Å². The molecule has 0 aliphatic carbocycles. The summed E-state index contributed by atoms with van der Waals surface area (Å²) in [6.45, 7) is 6.12. The highest BCUT2D eigenvalue weighted by Gasteiger charge is 2.18. The van der Waals surface area contributed by atoms with E-state index >= 15 is 0 Å². The lowest BCUT2D eigenvalue weighted by molar-refractivity contribution is 0.00707. The van der Waals surface area contributed by atoms with Gasteiger partial charge in [-0.15, -0.1) is 0 Å². The van der Waals surface area contributed by atoms with E-state index in [1.807, 2.05) is 13.8 Å². The molecule has 0 unspecified atom stereocenters. The van der Waals surface area contributed by atoms with Crippen LogP contribution in [0.1, 0.15) is 19.5 Å². The summed E-state index contributed by atoms with van der Waals surface area (Å²) >= 11 is 3.22. The van der Waals surface area contributed by atoms with Crippen LogP contribution in [0.4, 0.5) is 0 Å². The van der Waals surface area contributed by atoms with Gasteiger partial charge in [-0.1, -0.05) is 0 Å². The fourth-order valence-electron chi connectivity index (χ4n) is 1.13.